The van der Waals surface area contributed by atoms with E-state index in [1.165, 1.54) is 163 Å². The zero-order valence-electron chi connectivity index (χ0n) is 78.7. The standard InChI is InChI=1S/C37H24N2O.C34H25NO.C31H19NO2.C31H19NOS/c1-2-13-26(14-3-1)38-31-17-5-4-15-28(31)30-23-27(20-21-32(30)38)39-33-18-6-7-19-35(33)40-37-29-16-9-11-24-10-8-12-25(36(24)29)22-34(37)39;1-34(2)27-14-4-3-12-24(27)25-18-17-23(20-28(25)34)35-29-15-5-6-16-31(29)36-33-26-13-8-10-21-9-7-11-22(32(21)26)19-30(33)35;1-3-16-27-21(11-1)22-12-7-15-25(30(22)33-27)32-24-14-2-4-17-28(24)34-31-23-13-6-9-19-8-5-10-20(29(19)23)18-26(31)32;1-4-17-28-21(11-1)22-12-7-15-25(31(22)34-28)32-24-14-2-3-16-27(24)33-30-23-13-6-9-19-8-5-10-20(29(19)23)18-26(30)32/h1-15,17-23H,16H2;3-12,14-20H,13H2,1-2H3;2*1-12,14-18H,13H2. The molecule has 9 aliphatic rings. The Bertz CT molecular complexity index is 9560. The van der Waals surface area contributed by atoms with Gasteiger partial charge in [0.15, 0.2) is 51.6 Å². The van der Waals surface area contributed by atoms with Gasteiger partial charge in [-0.05, 0) is 259 Å². The molecule has 0 amide bonds. The van der Waals surface area contributed by atoms with Crippen LogP contribution < -0.4 is 38.5 Å². The van der Waals surface area contributed by atoms with E-state index in [9.17, 15) is 0 Å². The number of thiophene rings is 1. The molecule has 33 rings (SSSR count). The van der Waals surface area contributed by atoms with E-state index >= 15 is 0 Å². The van der Waals surface area contributed by atoms with Gasteiger partial charge in [-0.15, -0.1) is 11.3 Å². The molecule has 0 radical (unpaired) electrons. The molecule has 0 saturated heterocycles. The van der Waals surface area contributed by atoms with Crippen LogP contribution in [0, 0.1) is 0 Å². The van der Waals surface area contributed by atoms with Crippen LogP contribution in [0.25, 0.3) is 148 Å². The molecule has 0 N–H and O–H groups in total. The van der Waals surface area contributed by atoms with Crippen LogP contribution in [0.1, 0.15) is 69.5 Å². The molecular formula is C133H87N5O5S. The summed E-state index contributed by atoms with van der Waals surface area (Å²) in [5.41, 5.74) is 33.9. The first-order valence-electron chi connectivity index (χ1n) is 49.6. The molecule has 21 aromatic carbocycles. The van der Waals surface area contributed by atoms with Crippen molar-refractivity contribution in [3.63, 3.8) is 0 Å². The van der Waals surface area contributed by atoms with Crippen LogP contribution in [-0.2, 0) is 31.1 Å². The van der Waals surface area contributed by atoms with Gasteiger partial charge in [-0.3, -0.25) is 4.90 Å². The highest BCUT2D eigenvalue weighted by molar-refractivity contribution is 7.26. The fraction of sp³-hybridized carbons (Fsp3) is 0.0526. The number of nitrogens with zero attached hydrogens (tertiary/aromatic N) is 5. The van der Waals surface area contributed by atoms with Crippen LogP contribution in [0.4, 0.5) is 68.2 Å². The van der Waals surface area contributed by atoms with Crippen molar-refractivity contribution < 1.29 is 23.4 Å². The summed E-state index contributed by atoms with van der Waals surface area (Å²) in [4.78, 5) is 9.49. The second-order valence-electron chi connectivity index (χ2n) is 38.9. The van der Waals surface area contributed by atoms with Crippen LogP contribution in [0.2, 0.25) is 0 Å². The van der Waals surface area contributed by atoms with E-state index in [1.807, 2.05) is 35.6 Å². The summed E-state index contributed by atoms with van der Waals surface area (Å²) in [7, 11) is 0. The van der Waals surface area contributed by atoms with Crippen molar-refractivity contribution in [1.29, 1.82) is 0 Å². The molecule has 0 fully saturated rings. The van der Waals surface area contributed by atoms with Crippen molar-refractivity contribution in [2.24, 2.45) is 0 Å². The second kappa shape index (κ2) is 31.9. The number of fused-ring (bicyclic) bond motifs is 24. The maximum atomic E-state index is 6.69. The number of aromatic nitrogens is 1. The summed E-state index contributed by atoms with van der Waals surface area (Å²) in [5, 5.41) is 17.5. The molecule has 0 unspecified atom stereocenters. The number of furan rings is 1. The fourth-order valence-electron chi connectivity index (χ4n) is 24.4. The molecule has 0 saturated carbocycles. The van der Waals surface area contributed by atoms with Gasteiger partial charge < -0.3 is 42.6 Å². The van der Waals surface area contributed by atoms with E-state index < -0.39 is 0 Å². The molecular weight excluding hydrogens is 1780 g/mol. The van der Waals surface area contributed by atoms with Crippen LogP contribution in [0.3, 0.4) is 0 Å². The predicted octanol–water partition coefficient (Wildman–Crippen LogP) is 37.6. The molecule has 0 atom stereocenters. The average Bonchev–Trinajstić information content (AvgIpc) is 1.22. The summed E-state index contributed by atoms with van der Waals surface area (Å²) in [6.07, 6.45) is 21.3. The number of benzene rings is 21. The molecule has 0 spiro atoms. The molecule has 11 heteroatoms. The van der Waals surface area contributed by atoms with E-state index in [1.54, 1.807) is 0 Å². The predicted molar refractivity (Wildman–Crippen MR) is 598 cm³/mol. The number of para-hydroxylation sites is 12. The van der Waals surface area contributed by atoms with Crippen molar-refractivity contribution in [2.45, 2.75) is 44.9 Å². The van der Waals surface area contributed by atoms with Crippen molar-refractivity contribution >= 4 is 211 Å². The Kier molecular flexibility index (Phi) is 18.1. The first kappa shape index (κ1) is 81.8. The molecule has 5 aliphatic carbocycles. The summed E-state index contributed by atoms with van der Waals surface area (Å²) < 4.78 is 38.0. The maximum absolute atomic E-state index is 6.69. The highest BCUT2D eigenvalue weighted by Crippen LogP contribution is 2.63. The van der Waals surface area contributed by atoms with Crippen molar-refractivity contribution in [3.8, 4) is 62.8 Å². The van der Waals surface area contributed by atoms with Crippen LogP contribution >= 0.6 is 11.3 Å². The smallest absolute Gasteiger partial charge is 0.159 e. The van der Waals surface area contributed by atoms with Crippen molar-refractivity contribution in [3.05, 3.63) is 474 Å². The number of hydrogen-bond acceptors (Lipinski definition) is 10. The van der Waals surface area contributed by atoms with Gasteiger partial charge in [0.2, 0.25) is 0 Å². The minimum atomic E-state index is -0.0500. The van der Waals surface area contributed by atoms with Gasteiger partial charge in [0, 0.05) is 81.7 Å². The third-order valence-electron chi connectivity index (χ3n) is 30.6. The summed E-state index contributed by atoms with van der Waals surface area (Å²) in [5.74, 6) is 7.36. The minimum Gasteiger partial charge on any atom is -0.454 e. The Morgan fingerprint density at radius 3 is 1.19 bits per heavy atom. The molecule has 0 bridgehead atoms. The van der Waals surface area contributed by atoms with Gasteiger partial charge in [0.1, 0.15) is 5.58 Å². The lowest BCUT2D eigenvalue weighted by molar-refractivity contribution is 0.472. The highest BCUT2D eigenvalue weighted by atomic mass is 32.1. The Balaban J connectivity index is 0.0000000896. The molecule has 24 aromatic rings. The SMILES string of the molecule is C1=Cc2cccc3cc4c(c(c23)C1)Oc1ccccc1N4c1ccc2c(c1)c1ccccc1n2-c1ccccc1.C1=Cc2cccc3cc4c(c(c23)C1)Oc1ccccc1N4c1cccc2c1oc1ccccc12.C1=Cc2cccc3cc4c(c(c23)C1)Oc1ccccc1N4c1cccc2c1sc1ccccc12.CC1(C)c2ccccc2-c2ccc(N3c4ccccc4Oc4c3cc3cccc5c3c4CC=C5)cc21. The quantitative estimate of drug-likeness (QED) is 0.168. The van der Waals surface area contributed by atoms with Gasteiger partial charge in [-0.1, -0.05) is 311 Å². The topological polar surface area (TPSA) is 68.0 Å². The lowest BCUT2D eigenvalue weighted by atomic mass is 9.82. The Morgan fingerprint density at radius 1 is 0.257 bits per heavy atom. The van der Waals surface area contributed by atoms with Gasteiger partial charge in [-0.25, -0.2) is 0 Å². The van der Waals surface area contributed by atoms with E-state index in [0.717, 1.165) is 156 Å². The second-order valence-corrected chi connectivity index (χ2v) is 40.0. The molecule has 144 heavy (non-hydrogen) atoms. The van der Waals surface area contributed by atoms with Crippen molar-refractivity contribution in [2.75, 3.05) is 19.6 Å². The van der Waals surface area contributed by atoms with Crippen molar-refractivity contribution in [1.82, 2.24) is 4.57 Å². The lowest BCUT2D eigenvalue weighted by Crippen LogP contribution is -2.19. The monoisotopic (exact) mass is 1870 g/mol. The minimum absolute atomic E-state index is 0.0500. The highest BCUT2D eigenvalue weighted by Gasteiger charge is 2.41. The summed E-state index contributed by atoms with van der Waals surface area (Å²) >= 11 is 1.86. The number of rotatable bonds is 5. The van der Waals surface area contributed by atoms with Crippen LogP contribution in [0.5, 0.6) is 46.0 Å². The number of anilines is 12. The average molecular weight is 1870 g/mol. The van der Waals surface area contributed by atoms with Gasteiger partial charge in [0.05, 0.1) is 72.6 Å². The van der Waals surface area contributed by atoms with Gasteiger partial charge >= 0.3 is 0 Å². The zero-order chi connectivity index (χ0) is 94.7. The molecule has 4 aliphatic heterocycles. The largest absolute Gasteiger partial charge is 0.454 e. The Morgan fingerprint density at radius 2 is 0.646 bits per heavy atom. The van der Waals surface area contributed by atoms with Gasteiger partial charge in [-0.2, -0.15) is 0 Å². The molecule has 3 aromatic heterocycles. The Hall–Kier alpha value is -18.2. The van der Waals surface area contributed by atoms with Crippen LogP contribution in [0.15, 0.2) is 423 Å². The molecule has 7 heterocycles. The van der Waals surface area contributed by atoms with E-state index in [-0.39, 0.29) is 5.41 Å². The maximum Gasteiger partial charge on any atom is 0.159 e. The fourth-order valence-corrected chi connectivity index (χ4v) is 25.6. The third kappa shape index (κ3) is 12.4. The van der Waals surface area contributed by atoms with E-state index in [4.69, 9.17) is 23.4 Å². The zero-order valence-corrected chi connectivity index (χ0v) is 79.5. The number of ether oxygens (including phenoxy) is 4. The lowest BCUT2D eigenvalue weighted by Gasteiger charge is -2.35. The van der Waals surface area contributed by atoms with Crippen LogP contribution in [-0.4, -0.2) is 4.57 Å². The normalized spacial score (nSPS) is 14.2. The first-order valence-corrected chi connectivity index (χ1v) is 50.4. The number of allylic oxidation sites excluding steroid dienone is 4. The summed E-state index contributed by atoms with van der Waals surface area (Å²) in [6.45, 7) is 4.68. The number of hydrogen-bond donors (Lipinski definition) is 0. The summed E-state index contributed by atoms with van der Waals surface area (Å²) in [6, 6.07) is 141. The van der Waals surface area contributed by atoms with E-state index in [2.05, 4.69) is 457 Å². The first-order chi connectivity index (χ1) is 71.2. The molecule has 680 valence electrons. The van der Waals surface area contributed by atoms with E-state index in [0.29, 0.717) is 0 Å². The third-order valence-corrected chi connectivity index (χ3v) is 31.8. The Labute approximate surface area is 834 Å². The van der Waals surface area contributed by atoms with Gasteiger partial charge in [0.25, 0.3) is 0 Å². The molecule has 10 nitrogen and oxygen atoms in total.